The van der Waals surface area contributed by atoms with E-state index in [1.54, 1.807) is 14.2 Å². The molecule has 0 unspecified atom stereocenters. The van der Waals surface area contributed by atoms with Crippen LogP contribution in [0, 0.1) is 0 Å². The smallest absolute Gasteiger partial charge is 0.224 e. The molecule has 0 fully saturated rings. The lowest BCUT2D eigenvalue weighted by Crippen LogP contribution is -2.26. The second-order valence-corrected chi connectivity index (χ2v) is 9.54. The van der Waals surface area contributed by atoms with E-state index in [2.05, 4.69) is 47.1 Å². The van der Waals surface area contributed by atoms with Gasteiger partial charge in [0.05, 0.1) is 38.3 Å². The van der Waals surface area contributed by atoms with Gasteiger partial charge in [-0.05, 0) is 73.2 Å². The van der Waals surface area contributed by atoms with E-state index in [1.165, 1.54) is 5.56 Å². The number of ether oxygens (including phenoxy) is 3. The standard InChI is InChI=1S/C32H39N3O4/c1-4-24-13-16-26(17-14-24)39-21-8-7-20-35-28-11-6-5-10-27(28)34-31(35)12-9-19-33-32(36)23-25-15-18-29(37-2)30(22-25)38-3/h5-6,10-11,13-18,22H,4,7-9,12,19-21,23H2,1-3H3,(H,33,36). The van der Waals surface area contributed by atoms with Gasteiger partial charge in [-0.3, -0.25) is 4.79 Å². The summed E-state index contributed by atoms with van der Waals surface area (Å²) in [5.74, 6) is 3.24. The molecule has 0 spiro atoms. The fourth-order valence-corrected chi connectivity index (χ4v) is 4.66. The first-order chi connectivity index (χ1) is 19.1. The molecular formula is C32H39N3O4. The van der Waals surface area contributed by atoms with Crippen LogP contribution < -0.4 is 19.5 Å². The van der Waals surface area contributed by atoms with Crippen molar-refractivity contribution in [3.8, 4) is 17.2 Å². The van der Waals surface area contributed by atoms with Crippen molar-refractivity contribution in [3.63, 3.8) is 0 Å². The number of benzene rings is 3. The Labute approximate surface area is 231 Å². The van der Waals surface area contributed by atoms with Crippen LogP contribution in [0.25, 0.3) is 11.0 Å². The van der Waals surface area contributed by atoms with Gasteiger partial charge in [-0.15, -0.1) is 0 Å². The Morgan fingerprint density at radius 3 is 2.44 bits per heavy atom. The van der Waals surface area contributed by atoms with Crippen LogP contribution in [0.4, 0.5) is 0 Å². The Bertz CT molecular complexity index is 1350. The summed E-state index contributed by atoms with van der Waals surface area (Å²) in [6.45, 7) is 4.33. The number of unbranched alkanes of at least 4 members (excludes halogenated alkanes) is 1. The molecule has 0 saturated heterocycles. The zero-order valence-corrected chi connectivity index (χ0v) is 23.2. The molecule has 1 N–H and O–H groups in total. The average molecular weight is 530 g/mol. The Morgan fingerprint density at radius 1 is 0.897 bits per heavy atom. The van der Waals surface area contributed by atoms with Crippen LogP contribution in [-0.2, 0) is 30.6 Å². The highest BCUT2D eigenvalue weighted by molar-refractivity contribution is 5.79. The second kappa shape index (κ2) is 14.2. The van der Waals surface area contributed by atoms with E-state index in [9.17, 15) is 4.79 Å². The lowest BCUT2D eigenvalue weighted by molar-refractivity contribution is -0.120. The maximum absolute atomic E-state index is 12.5. The number of aromatic nitrogens is 2. The number of para-hydroxylation sites is 2. The van der Waals surface area contributed by atoms with Crippen LogP contribution in [0.2, 0.25) is 0 Å². The number of imidazole rings is 1. The maximum Gasteiger partial charge on any atom is 0.224 e. The van der Waals surface area contributed by atoms with Crippen LogP contribution >= 0.6 is 0 Å². The van der Waals surface area contributed by atoms with E-state index in [0.717, 1.165) is 66.8 Å². The normalized spacial score (nSPS) is 10.9. The number of hydrogen-bond donors (Lipinski definition) is 1. The molecule has 1 aromatic heterocycles. The fourth-order valence-electron chi connectivity index (χ4n) is 4.66. The van der Waals surface area contributed by atoms with Gasteiger partial charge in [0.1, 0.15) is 11.6 Å². The molecule has 206 valence electrons. The minimum absolute atomic E-state index is 0.0138. The summed E-state index contributed by atoms with van der Waals surface area (Å²) < 4.78 is 18.9. The SMILES string of the molecule is CCc1ccc(OCCCCn2c(CCCNC(=O)Cc3ccc(OC)c(OC)c3)nc3ccccc32)cc1. The van der Waals surface area contributed by atoms with Crippen molar-refractivity contribution in [2.24, 2.45) is 0 Å². The van der Waals surface area contributed by atoms with Gasteiger partial charge < -0.3 is 24.1 Å². The first-order valence-corrected chi connectivity index (χ1v) is 13.7. The number of amides is 1. The van der Waals surface area contributed by atoms with E-state index in [0.29, 0.717) is 31.1 Å². The summed E-state index contributed by atoms with van der Waals surface area (Å²) >= 11 is 0. The number of methoxy groups -OCH3 is 2. The second-order valence-electron chi connectivity index (χ2n) is 9.54. The summed E-state index contributed by atoms with van der Waals surface area (Å²) in [5.41, 5.74) is 4.37. The van der Waals surface area contributed by atoms with Gasteiger partial charge in [-0.1, -0.05) is 37.3 Å². The minimum atomic E-state index is -0.0138. The number of carbonyl (C=O) groups excluding carboxylic acids is 1. The van der Waals surface area contributed by atoms with Gasteiger partial charge in [0.2, 0.25) is 5.91 Å². The highest BCUT2D eigenvalue weighted by atomic mass is 16.5. The molecule has 39 heavy (non-hydrogen) atoms. The van der Waals surface area contributed by atoms with Crippen LogP contribution in [0.3, 0.4) is 0 Å². The van der Waals surface area contributed by atoms with Crippen LogP contribution in [0.1, 0.15) is 43.1 Å². The molecule has 0 bridgehead atoms. The topological polar surface area (TPSA) is 74.6 Å². The molecule has 0 aliphatic carbocycles. The predicted octanol–water partition coefficient (Wildman–Crippen LogP) is 5.77. The minimum Gasteiger partial charge on any atom is -0.494 e. The zero-order chi connectivity index (χ0) is 27.5. The Kier molecular flexibility index (Phi) is 10.2. The van der Waals surface area contributed by atoms with Crippen LogP contribution in [0.15, 0.2) is 66.7 Å². The van der Waals surface area contributed by atoms with Crippen molar-refractivity contribution < 1.29 is 19.0 Å². The molecule has 0 atom stereocenters. The van der Waals surface area contributed by atoms with Crippen molar-refractivity contribution in [1.29, 1.82) is 0 Å². The molecule has 1 amide bonds. The van der Waals surface area contributed by atoms with Crippen molar-refractivity contribution in [2.75, 3.05) is 27.4 Å². The molecule has 0 saturated carbocycles. The third-order valence-corrected chi connectivity index (χ3v) is 6.82. The highest BCUT2D eigenvalue weighted by Gasteiger charge is 2.11. The van der Waals surface area contributed by atoms with Crippen LogP contribution in [0.5, 0.6) is 17.2 Å². The molecule has 4 rings (SSSR count). The Morgan fingerprint density at radius 2 is 1.67 bits per heavy atom. The van der Waals surface area contributed by atoms with Gasteiger partial charge in [0, 0.05) is 19.5 Å². The largest absolute Gasteiger partial charge is 0.494 e. The molecule has 1 heterocycles. The average Bonchev–Trinajstić information content (AvgIpc) is 3.32. The van der Waals surface area contributed by atoms with E-state index in [1.807, 2.05) is 36.4 Å². The maximum atomic E-state index is 12.5. The summed E-state index contributed by atoms with van der Waals surface area (Å²) in [6, 6.07) is 22.2. The van der Waals surface area contributed by atoms with Crippen molar-refractivity contribution in [3.05, 3.63) is 83.7 Å². The summed E-state index contributed by atoms with van der Waals surface area (Å²) in [6.07, 6.45) is 4.91. The summed E-state index contributed by atoms with van der Waals surface area (Å²) in [5, 5.41) is 3.04. The monoisotopic (exact) mass is 529 g/mol. The Hall–Kier alpha value is -4.00. The van der Waals surface area contributed by atoms with E-state index < -0.39 is 0 Å². The predicted molar refractivity (Wildman–Crippen MR) is 155 cm³/mol. The van der Waals surface area contributed by atoms with Gasteiger partial charge in [-0.2, -0.15) is 0 Å². The fraction of sp³-hybridized carbons (Fsp3) is 0.375. The van der Waals surface area contributed by atoms with Crippen molar-refractivity contribution in [2.45, 2.75) is 52.0 Å². The molecule has 7 heteroatoms. The zero-order valence-electron chi connectivity index (χ0n) is 23.2. The Balaban J connectivity index is 1.25. The molecule has 7 nitrogen and oxygen atoms in total. The number of fused-ring (bicyclic) bond motifs is 1. The third kappa shape index (κ3) is 7.76. The van der Waals surface area contributed by atoms with E-state index in [-0.39, 0.29) is 5.91 Å². The van der Waals surface area contributed by atoms with Gasteiger partial charge in [-0.25, -0.2) is 4.98 Å². The van der Waals surface area contributed by atoms with Gasteiger partial charge in [0.15, 0.2) is 11.5 Å². The van der Waals surface area contributed by atoms with Crippen molar-refractivity contribution in [1.82, 2.24) is 14.9 Å². The first-order valence-electron chi connectivity index (χ1n) is 13.7. The highest BCUT2D eigenvalue weighted by Crippen LogP contribution is 2.27. The molecule has 0 radical (unpaired) electrons. The van der Waals surface area contributed by atoms with Crippen LogP contribution in [-0.4, -0.2) is 42.8 Å². The number of carbonyl (C=O) groups is 1. The van der Waals surface area contributed by atoms with Crippen molar-refractivity contribution >= 4 is 16.9 Å². The first kappa shape index (κ1) is 28.0. The van der Waals surface area contributed by atoms with Gasteiger partial charge in [0.25, 0.3) is 0 Å². The summed E-state index contributed by atoms with van der Waals surface area (Å²) in [7, 11) is 3.19. The molecule has 0 aliphatic rings. The third-order valence-electron chi connectivity index (χ3n) is 6.82. The molecular weight excluding hydrogens is 490 g/mol. The lowest BCUT2D eigenvalue weighted by Gasteiger charge is -2.11. The molecule has 0 aliphatic heterocycles. The molecule has 3 aromatic carbocycles. The molecule has 4 aromatic rings. The number of hydrogen-bond acceptors (Lipinski definition) is 5. The number of nitrogens with zero attached hydrogens (tertiary/aromatic N) is 2. The number of nitrogens with one attached hydrogen (secondary N) is 1. The lowest BCUT2D eigenvalue weighted by atomic mass is 10.1. The number of aryl methyl sites for hydroxylation is 3. The van der Waals surface area contributed by atoms with E-state index >= 15 is 0 Å². The quantitative estimate of drug-likeness (QED) is 0.198. The number of rotatable bonds is 15. The van der Waals surface area contributed by atoms with E-state index in [4.69, 9.17) is 19.2 Å². The summed E-state index contributed by atoms with van der Waals surface area (Å²) in [4.78, 5) is 17.4. The van der Waals surface area contributed by atoms with Gasteiger partial charge >= 0.3 is 0 Å².